The van der Waals surface area contributed by atoms with E-state index in [4.69, 9.17) is 0 Å². The average Bonchev–Trinajstić information content (AvgIpc) is 2.65. The van der Waals surface area contributed by atoms with E-state index in [1.807, 2.05) is 18.2 Å². The summed E-state index contributed by atoms with van der Waals surface area (Å²) < 4.78 is 0. The van der Waals surface area contributed by atoms with Gasteiger partial charge in [-0.25, -0.2) is 0 Å². The van der Waals surface area contributed by atoms with Crippen molar-refractivity contribution in [3.63, 3.8) is 0 Å². The van der Waals surface area contributed by atoms with Crippen molar-refractivity contribution in [3.05, 3.63) is 29.3 Å². The summed E-state index contributed by atoms with van der Waals surface area (Å²) in [4.78, 5) is 23.5. The van der Waals surface area contributed by atoms with Crippen LogP contribution in [0.1, 0.15) is 35.7 Å². The number of carbonyl (C=O) groups is 2. The third-order valence-corrected chi connectivity index (χ3v) is 3.97. The van der Waals surface area contributed by atoms with Crippen molar-refractivity contribution >= 4 is 17.4 Å². The Balaban J connectivity index is 1.87. The molecule has 1 aliphatic heterocycles. The zero-order valence-corrected chi connectivity index (χ0v) is 9.82. The van der Waals surface area contributed by atoms with E-state index in [9.17, 15) is 9.59 Å². The van der Waals surface area contributed by atoms with E-state index < -0.39 is 0 Å². The van der Waals surface area contributed by atoms with Crippen LogP contribution in [-0.2, 0) is 11.2 Å². The van der Waals surface area contributed by atoms with Gasteiger partial charge in [0.1, 0.15) is 0 Å². The molecular weight excluding hydrogens is 214 g/mol. The molecular formula is C14H15NO2. The number of anilines is 1. The van der Waals surface area contributed by atoms with Crippen LogP contribution < -0.4 is 5.32 Å². The van der Waals surface area contributed by atoms with Gasteiger partial charge in [-0.2, -0.15) is 0 Å². The molecule has 3 rings (SSSR count). The van der Waals surface area contributed by atoms with Gasteiger partial charge in [0, 0.05) is 17.2 Å². The lowest BCUT2D eigenvalue weighted by atomic mass is 9.71. The number of fused-ring (bicyclic) bond motifs is 1. The topological polar surface area (TPSA) is 46.2 Å². The van der Waals surface area contributed by atoms with E-state index in [-0.39, 0.29) is 17.6 Å². The molecule has 1 heterocycles. The fourth-order valence-corrected chi connectivity index (χ4v) is 2.65. The molecule has 2 atom stereocenters. The number of ketones is 1. The summed E-state index contributed by atoms with van der Waals surface area (Å²) in [5, 5.41) is 2.78. The number of rotatable bonds is 2. The SMILES string of the molecule is C[C@@H]1CC[C@@H]1C(=O)c1ccc2c(c1)CC(=O)N2. The van der Waals surface area contributed by atoms with Gasteiger partial charge in [-0.3, -0.25) is 9.59 Å². The van der Waals surface area contributed by atoms with E-state index >= 15 is 0 Å². The number of Topliss-reactive ketones (excluding diaryl/α,β-unsaturated/α-hetero) is 1. The lowest BCUT2D eigenvalue weighted by Gasteiger charge is -2.32. The number of benzene rings is 1. The molecule has 1 saturated carbocycles. The highest BCUT2D eigenvalue weighted by Crippen LogP contribution is 2.36. The summed E-state index contributed by atoms with van der Waals surface area (Å²) in [5.41, 5.74) is 2.57. The molecule has 2 aliphatic rings. The maximum absolute atomic E-state index is 12.2. The molecule has 88 valence electrons. The minimum absolute atomic E-state index is 0.0154. The summed E-state index contributed by atoms with van der Waals surface area (Å²) in [6.07, 6.45) is 2.56. The van der Waals surface area contributed by atoms with Gasteiger partial charge in [-0.05, 0) is 42.5 Å². The second kappa shape index (κ2) is 3.69. The van der Waals surface area contributed by atoms with Gasteiger partial charge in [-0.1, -0.05) is 6.92 Å². The van der Waals surface area contributed by atoms with Crippen LogP contribution in [0.15, 0.2) is 18.2 Å². The molecule has 0 saturated heterocycles. The first-order valence-electron chi connectivity index (χ1n) is 6.12. The second-order valence-corrected chi connectivity index (χ2v) is 5.12. The Hall–Kier alpha value is -1.64. The first kappa shape index (κ1) is 10.5. The van der Waals surface area contributed by atoms with Gasteiger partial charge in [0.05, 0.1) is 6.42 Å². The van der Waals surface area contributed by atoms with E-state index in [2.05, 4.69) is 12.2 Å². The zero-order chi connectivity index (χ0) is 12.0. The normalized spacial score (nSPS) is 26.1. The molecule has 3 nitrogen and oxygen atoms in total. The number of amides is 1. The smallest absolute Gasteiger partial charge is 0.228 e. The van der Waals surface area contributed by atoms with Crippen LogP contribution >= 0.6 is 0 Å². The van der Waals surface area contributed by atoms with Crippen LogP contribution in [0.4, 0.5) is 5.69 Å². The van der Waals surface area contributed by atoms with E-state index in [1.165, 1.54) is 0 Å². The number of hydrogen-bond donors (Lipinski definition) is 1. The molecule has 0 bridgehead atoms. The Morgan fingerprint density at radius 3 is 2.82 bits per heavy atom. The van der Waals surface area contributed by atoms with Crippen LogP contribution in [0.25, 0.3) is 0 Å². The molecule has 17 heavy (non-hydrogen) atoms. The Morgan fingerprint density at radius 1 is 1.35 bits per heavy atom. The minimum Gasteiger partial charge on any atom is -0.326 e. The number of hydrogen-bond acceptors (Lipinski definition) is 2. The fourth-order valence-electron chi connectivity index (χ4n) is 2.65. The molecule has 0 radical (unpaired) electrons. The van der Waals surface area contributed by atoms with Crippen LogP contribution in [0, 0.1) is 11.8 Å². The van der Waals surface area contributed by atoms with E-state index in [0.29, 0.717) is 12.3 Å². The van der Waals surface area contributed by atoms with Gasteiger partial charge in [0.15, 0.2) is 5.78 Å². The van der Waals surface area contributed by atoms with Crippen LogP contribution in [0.3, 0.4) is 0 Å². The van der Waals surface area contributed by atoms with Crippen molar-refractivity contribution < 1.29 is 9.59 Å². The fraction of sp³-hybridized carbons (Fsp3) is 0.429. The molecule has 0 aromatic heterocycles. The van der Waals surface area contributed by atoms with Gasteiger partial charge in [0.25, 0.3) is 0 Å². The molecule has 1 aromatic carbocycles. The van der Waals surface area contributed by atoms with Crippen molar-refractivity contribution in [2.45, 2.75) is 26.2 Å². The van der Waals surface area contributed by atoms with Gasteiger partial charge >= 0.3 is 0 Å². The summed E-state index contributed by atoms with van der Waals surface area (Å²) in [7, 11) is 0. The molecule has 3 heteroatoms. The van der Waals surface area contributed by atoms with Crippen LogP contribution in [0.5, 0.6) is 0 Å². The molecule has 1 N–H and O–H groups in total. The maximum atomic E-state index is 12.2. The number of nitrogens with one attached hydrogen (secondary N) is 1. The Bertz CT molecular complexity index is 507. The lowest BCUT2D eigenvalue weighted by molar-refractivity contribution is -0.115. The van der Waals surface area contributed by atoms with Gasteiger partial charge < -0.3 is 5.32 Å². The van der Waals surface area contributed by atoms with Crippen molar-refractivity contribution in [2.75, 3.05) is 5.32 Å². The average molecular weight is 229 g/mol. The Morgan fingerprint density at radius 2 is 2.18 bits per heavy atom. The summed E-state index contributed by atoms with van der Waals surface area (Å²) in [6, 6.07) is 5.55. The van der Waals surface area contributed by atoms with Crippen molar-refractivity contribution in [1.29, 1.82) is 0 Å². The Labute approximate surface area is 100 Å². The zero-order valence-electron chi connectivity index (χ0n) is 9.82. The largest absolute Gasteiger partial charge is 0.326 e. The van der Waals surface area contributed by atoms with Crippen LogP contribution in [0.2, 0.25) is 0 Å². The number of carbonyl (C=O) groups excluding carboxylic acids is 2. The van der Waals surface area contributed by atoms with Crippen LogP contribution in [-0.4, -0.2) is 11.7 Å². The molecule has 1 fully saturated rings. The monoisotopic (exact) mass is 229 g/mol. The standard InChI is InChI=1S/C14H15NO2/c1-8-2-4-11(8)14(17)9-3-5-12-10(6-9)7-13(16)15-12/h3,5-6,8,11H,2,4,7H2,1H3,(H,15,16)/t8-,11+/m1/s1. The molecule has 1 aromatic rings. The first-order valence-corrected chi connectivity index (χ1v) is 6.12. The molecule has 1 amide bonds. The predicted molar refractivity (Wildman–Crippen MR) is 65.0 cm³/mol. The molecule has 0 unspecified atom stereocenters. The quantitative estimate of drug-likeness (QED) is 0.791. The minimum atomic E-state index is 0.0154. The molecule has 1 aliphatic carbocycles. The highest BCUT2D eigenvalue weighted by molar-refractivity contribution is 6.03. The van der Waals surface area contributed by atoms with E-state index in [1.54, 1.807) is 0 Å². The van der Waals surface area contributed by atoms with E-state index in [0.717, 1.165) is 29.7 Å². The van der Waals surface area contributed by atoms with Gasteiger partial charge in [0.2, 0.25) is 5.91 Å². The van der Waals surface area contributed by atoms with Gasteiger partial charge in [-0.15, -0.1) is 0 Å². The highest BCUT2D eigenvalue weighted by atomic mass is 16.1. The maximum Gasteiger partial charge on any atom is 0.228 e. The summed E-state index contributed by atoms with van der Waals surface area (Å²) >= 11 is 0. The molecule has 0 spiro atoms. The van der Waals surface area contributed by atoms with Crippen molar-refractivity contribution in [3.8, 4) is 0 Å². The highest BCUT2D eigenvalue weighted by Gasteiger charge is 2.33. The summed E-state index contributed by atoms with van der Waals surface area (Å²) in [6.45, 7) is 2.13. The second-order valence-electron chi connectivity index (χ2n) is 5.12. The van der Waals surface area contributed by atoms with Crippen molar-refractivity contribution in [2.24, 2.45) is 11.8 Å². The van der Waals surface area contributed by atoms with Crippen molar-refractivity contribution in [1.82, 2.24) is 0 Å². The Kier molecular flexibility index (Phi) is 2.28. The first-order chi connectivity index (χ1) is 8.15. The third kappa shape index (κ3) is 1.66. The lowest BCUT2D eigenvalue weighted by Crippen LogP contribution is -2.30. The third-order valence-electron chi connectivity index (χ3n) is 3.97. The summed E-state index contributed by atoms with van der Waals surface area (Å²) in [5.74, 6) is 0.959. The predicted octanol–water partition coefficient (Wildman–Crippen LogP) is 2.41.